The van der Waals surface area contributed by atoms with Crippen molar-refractivity contribution in [2.45, 2.75) is 39.3 Å². The van der Waals surface area contributed by atoms with Crippen LogP contribution in [-0.4, -0.2) is 23.1 Å². The van der Waals surface area contributed by atoms with Crippen molar-refractivity contribution in [2.75, 3.05) is 6.54 Å². The highest BCUT2D eigenvalue weighted by molar-refractivity contribution is 5.84. The van der Waals surface area contributed by atoms with E-state index in [1.165, 1.54) is 0 Å². The lowest BCUT2D eigenvalue weighted by Crippen LogP contribution is -2.62. The molecule has 1 aliphatic rings. The molecule has 1 atom stereocenters. The lowest BCUT2D eigenvalue weighted by molar-refractivity contribution is -0.129. The van der Waals surface area contributed by atoms with Gasteiger partial charge in [0.1, 0.15) is 0 Å². The van der Waals surface area contributed by atoms with Gasteiger partial charge in [-0.25, -0.2) is 5.43 Å². The third-order valence-corrected chi connectivity index (χ3v) is 3.25. The van der Waals surface area contributed by atoms with Gasteiger partial charge in [-0.2, -0.15) is 0 Å². The Bertz CT molecular complexity index is 275. The monoisotopic (exact) mass is 226 g/mol. The van der Waals surface area contributed by atoms with Crippen LogP contribution in [0.2, 0.25) is 0 Å². The highest BCUT2D eigenvalue weighted by Gasteiger charge is 2.38. The molecule has 0 aromatic heterocycles. The van der Waals surface area contributed by atoms with E-state index >= 15 is 0 Å². The van der Waals surface area contributed by atoms with Crippen molar-refractivity contribution in [3.63, 3.8) is 0 Å². The van der Waals surface area contributed by atoms with Gasteiger partial charge in [-0.1, -0.05) is 26.7 Å². The molecule has 0 spiro atoms. The van der Waals surface area contributed by atoms with Crippen molar-refractivity contribution in [1.82, 2.24) is 15.8 Å². The Morgan fingerprint density at radius 1 is 1.56 bits per heavy atom. The molecule has 1 rings (SSSR count). The predicted octanol–water partition coefficient (Wildman–Crippen LogP) is 0.505. The first-order chi connectivity index (χ1) is 7.54. The molecule has 0 aromatic rings. The molecule has 0 aromatic carbocycles. The van der Waals surface area contributed by atoms with Gasteiger partial charge in [-0.3, -0.25) is 9.80 Å². The van der Waals surface area contributed by atoms with Gasteiger partial charge in [-0.15, -0.1) is 0 Å². The summed E-state index contributed by atoms with van der Waals surface area (Å²) < 4.78 is 0. The number of nitrogens with one attached hydrogen (secondary N) is 2. The molecular weight excluding hydrogens is 204 g/mol. The molecule has 5 nitrogen and oxygen atoms in total. The number of carbonyl (C=O) groups is 1. The van der Waals surface area contributed by atoms with E-state index in [0.717, 1.165) is 19.4 Å². The molecule has 1 amide bonds. The van der Waals surface area contributed by atoms with Crippen molar-refractivity contribution >= 4 is 5.91 Å². The van der Waals surface area contributed by atoms with Crippen LogP contribution in [0.1, 0.15) is 33.6 Å². The summed E-state index contributed by atoms with van der Waals surface area (Å²) in [5, 5.41) is 4.69. The lowest BCUT2D eigenvalue weighted by Gasteiger charge is -2.34. The number of nitrogens with two attached hydrogens (primary N) is 1. The fraction of sp³-hybridized carbons (Fsp3) is 0.727. The van der Waals surface area contributed by atoms with E-state index in [1.807, 2.05) is 0 Å². The maximum absolute atomic E-state index is 11.4. The van der Waals surface area contributed by atoms with Crippen LogP contribution in [0, 0.1) is 5.92 Å². The second-order valence-corrected chi connectivity index (χ2v) is 4.31. The molecule has 16 heavy (non-hydrogen) atoms. The minimum atomic E-state index is -0.855. The first-order valence-electron chi connectivity index (χ1n) is 5.81. The van der Waals surface area contributed by atoms with E-state index in [9.17, 15) is 4.79 Å². The molecule has 4 N–H and O–H groups in total. The summed E-state index contributed by atoms with van der Waals surface area (Å²) in [6, 6.07) is 0. The van der Waals surface area contributed by atoms with Crippen molar-refractivity contribution in [3.8, 4) is 0 Å². The minimum absolute atomic E-state index is 0.394. The molecule has 1 unspecified atom stereocenters. The van der Waals surface area contributed by atoms with Crippen molar-refractivity contribution in [2.24, 2.45) is 11.7 Å². The van der Waals surface area contributed by atoms with E-state index in [2.05, 4.69) is 24.6 Å². The maximum Gasteiger partial charge on any atom is 0.265 e. The van der Waals surface area contributed by atoms with Crippen LogP contribution in [0.15, 0.2) is 12.4 Å². The molecule has 0 radical (unpaired) electrons. The zero-order chi connectivity index (χ0) is 12.2. The Morgan fingerprint density at radius 2 is 2.19 bits per heavy atom. The summed E-state index contributed by atoms with van der Waals surface area (Å²) in [5.41, 5.74) is 7.75. The van der Waals surface area contributed by atoms with E-state index < -0.39 is 11.6 Å². The Kier molecular flexibility index (Phi) is 4.18. The van der Waals surface area contributed by atoms with Gasteiger partial charge in [0.15, 0.2) is 0 Å². The maximum atomic E-state index is 11.4. The first kappa shape index (κ1) is 12.8. The fourth-order valence-corrected chi connectivity index (χ4v) is 1.70. The number of carbonyl (C=O) groups excluding carboxylic acids is 1. The van der Waals surface area contributed by atoms with Crippen molar-refractivity contribution < 1.29 is 4.79 Å². The average Bonchev–Trinajstić information content (AvgIpc) is 2.63. The molecular formula is C11H22N4O. The Hall–Kier alpha value is -1.23. The Balaban J connectivity index is 2.53. The van der Waals surface area contributed by atoms with E-state index in [-0.39, 0.29) is 0 Å². The largest absolute Gasteiger partial charge is 0.366 e. The molecule has 92 valence electrons. The number of rotatable bonds is 6. The van der Waals surface area contributed by atoms with E-state index in [4.69, 9.17) is 5.73 Å². The Morgan fingerprint density at radius 3 is 2.69 bits per heavy atom. The van der Waals surface area contributed by atoms with E-state index in [1.54, 1.807) is 24.3 Å². The summed E-state index contributed by atoms with van der Waals surface area (Å²) >= 11 is 0. The van der Waals surface area contributed by atoms with Gasteiger partial charge in [0.2, 0.25) is 5.66 Å². The SMILES string of the molecule is CCC(CC)CNN1C=CNC1(C)C(N)=O. The summed E-state index contributed by atoms with van der Waals surface area (Å²) in [5.74, 6) is 0.223. The molecule has 0 bridgehead atoms. The normalized spacial score (nSPS) is 23.9. The van der Waals surface area contributed by atoms with Gasteiger partial charge in [-0.05, 0) is 12.8 Å². The molecule has 0 saturated heterocycles. The van der Waals surface area contributed by atoms with Crippen LogP contribution in [0.5, 0.6) is 0 Å². The second kappa shape index (κ2) is 5.21. The van der Waals surface area contributed by atoms with Crippen LogP contribution in [0.4, 0.5) is 0 Å². The van der Waals surface area contributed by atoms with Gasteiger partial charge in [0, 0.05) is 18.9 Å². The standard InChI is InChI=1S/C11H22N4O/c1-4-9(5-2)8-14-15-7-6-13-11(15,3)10(12)16/h6-7,9,13-14H,4-5,8H2,1-3H3,(H2,12,16). The van der Waals surface area contributed by atoms with Gasteiger partial charge in [0.25, 0.3) is 5.91 Å². The van der Waals surface area contributed by atoms with Crippen LogP contribution >= 0.6 is 0 Å². The highest BCUT2D eigenvalue weighted by atomic mass is 16.2. The molecule has 0 saturated carbocycles. The van der Waals surface area contributed by atoms with Crippen LogP contribution < -0.4 is 16.5 Å². The topological polar surface area (TPSA) is 70.4 Å². The quantitative estimate of drug-likeness (QED) is 0.617. The Labute approximate surface area is 97.0 Å². The van der Waals surface area contributed by atoms with Crippen LogP contribution in [0.3, 0.4) is 0 Å². The second-order valence-electron chi connectivity index (χ2n) is 4.31. The van der Waals surface area contributed by atoms with Gasteiger partial charge < -0.3 is 11.1 Å². The van der Waals surface area contributed by atoms with E-state index in [0.29, 0.717) is 5.92 Å². The highest BCUT2D eigenvalue weighted by Crippen LogP contribution is 2.15. The zero-order valence-electron chi connectivity index (χ0n) is 10.3. The van der Waals surface area contributed by atoms with Gasteiger partial charge >= 0.3 is 0 Å². The number of nitrogens with zero attached hydrogens (tertiary/aromatic N) is 1. The summed E-state index contributed by atoms with van der Waals surface area (Å²) in [6.07, 6.45) is 5.78. The number of hydrogen-bond donors (Lipinski definition) is 3. The summed E-state index contributed by atoms with van der Waals surface area (Å²) in [4.78, 5) is 11.4. The third-order valence-electron chi connectivity index (χ3n) is 3.25. The van der Waals surface area contributed by atoms with Crippen molar-refractivity contribution in [1.29, 1.82) is 0 Å². The molecule has 5 heteroatoms. The average molecular weight is 226 g/mol. The first-order valence-corrected chi connectivity index (χ1v) is 5.81. The fourth-order valence-electron chi connectivity index (χ4n) is 1.70. The number of hydrogen-bond acceptors (Lipinski definition) is 4. The minimum Gasteiger partial charge on any atom is -0.366 e. The number of primary amides is 1. The smallest absolute Gasteiger partial charge is 0.265 e. The van der Waals surface area contributed by atoms with Gasteiger partial charge in [0.05, 0.1) is 0 Å². The molecule has 0 fully saturated rings. The summed E-state index contributed by atoms with van der Waals surface area (Å²) in [7, 11) is 0. The number of hydrazine groups is 1. The molecule has 1 aliphatic heterocycles. The van der Waals surface area contributed by atoms with Crippen molar-refractivity contribution in [3.05, 3.63) is 12.4 Å². The summed E-state index contributed by atoms with van der Waals surface area (Å²) in [6.45, 7) is 6.94. The number of amides is 1. The third kappa shape index (κ3) is 2.47. The zero-order valence-corrected chi connectivity index (χ0v) is 10.3. The van der Waals surface area contributed by atoms with Crippen LogP contribution in [-0.2, 0) is 4.79 Å². The molecule has 0 aliphatic carbocycles. The van der Waals surface area contributed by atoms with Crippen LogP contribution in [0.25, 0.3) is 0 Å². The predicted molar refractivity (Wildman–Crippen MR) is 63.8 cm³/mol. The molecule has 1 heterocycles. The lowest BCUT2D eigenvalue weighted by atomic mass is 10.0.